The number of aromatic amines is 1. The van der Waals surface area contributed by atoms with Crippen molar-refractivity contribution in [3.05, 3.63) is 45.9 Å². The number of hydrogen-bond acceptors (Lipinski definition) is 4. The molecule has 2 aromatic heterocycles. The molecule has 2 aromatic rings. The van der Waals surface area contributed by atoms with Crippen molar-refractivity contribution in [2.24, 2.45) is 7.05 Å². The van der Waals surface area contributed by atoms with Crippen LogP contribution in [0, 0.1) is 6.92 Å². The lowest BCUT2D eigenvalue weighted by molar-refractivity contribution is 0.0933. The Morgan fingerprint density at radius 2 is 2.25 bits per heavy atom. The topological polar surface area (TPSA) is 92.7 Å². The molecule has 0 bridgehead atoms. The molecular formula is C13H17N5O2. The Hall–Kier alpha value is -2.44. The maximum absolute atomic E-state index is 12.1. The lowest BCUT2D eigenvalue weighted by Crippen LogP contribution is -2.33. The van der Waals surface area contributed by atoms with E-state index in [9.17, 15) is 9.59 Å². The number of carbonyl (C=O) groups excluding carboxylic acids is 1. The highest BCUT2D eigenvalue weighted by atomic mass is 16.2. The Bertz CT molecular complexity index is 673. The van der Waals surface area contributed by atoms with Crippen LogP contribution < -0.4 is 10.9 Å². The molecule has 0 aliphatic heterocycles. The molecule has 7 nitrogen and oxygen atoms in total. The van der Waals surface area contributed by atoms with Gasteiger partial charge in [0.1, 0.15) is 11.4 Å². The minimum absolute atomic E-state index is 0.0120. The van der Waals surface area contributed by atoms with Gasteiger partial charge in [0.25, 0.3) is 11.5 Å². The van der Waals surface area contributed by atoms with Crippen LogP contribution in [0.25, 0.3) is 0 Å². The molecule has 0 aliphatic carbocycles. The van der Waals surface area contributed by atoms with E-state index in [2.05, 4.69) is 20.4 Å². The van der Waals surface area contributed by atoms with Gasteiger partial charge in [0.05, 0.1) is 12.2 Å². The van der Waals surface area contributed by atoms with E-state index >= 15 is 0 Å². The van der Waals surface area contributed by atoms with E-state index in [1.807, 2.05) is 20.2 Å². The highest BCUT2D eigenvalue weighted by Crippen LogP contribution is 2.15. The van der Waals surface area contributed by atoms with Gasteiger partial charge >= 0.3 is 0 Å². The molecular weight excluding hydrogens is 258 g/mol. The fourth-order valence-corrected chi connectivity index (χ4v) is 1.92. The third kappa shape index (κ3) is 2.93. The average Bonchev–Trinajstić information content (AvgIpc) is 2.82. The number of amides is 1. The molecule has 2 N–H and O–H groups in total. The van der Waals surface area contributed by atoms with Gasteiger partial charge in [-0.05, 0) is 13.3 Å². The summed E-state index contributed by atoms with van der Waals surface area (Å²) in [5.74, 6) is 0.0419. The van der Waals surface area contributed by atoms with Gasteiger partial charge in [0.15, 0.2) is 0 Å². The zero-order chi connectivity index (χ0) is 14.7. The fourth-order valence-electron chi connectivity index (χ4n) is 1.92. The number of aromatic nitrogens is 4. The molecule has 0 aromatic carbocycles. The number of nitrogens with one attached hydrogen (secondary N) is 2. The van der Waals surface area contributed by atoms with Gasteiger partial charge in [-0.2, -0.15) is 5.10 Å². The molecule has 1 amide bonds. The minimum atomic E-state index is -0.436. The molecule has 106 valence electrons. The zero-order valence-electron chi connectivity index (χ0n) is 11.7. The second-order valence-corrected chi connectivity index (χ2v) is 4.59. The van der Waals surface area contributed by atoms with Crippen LogP contribution >= 0.6 is 0 Å². The predicted molar refractivity (Wildman–Crippen MR) is 73.3 cm³/mol. The number of nitrogens with zero attached hydrogens (tertiary/aromatic N) is 3. The number of carbonyl (C=O) groups is 1. The van der Waals surface area contributed by atoms with Gasteiger partial charge in [-0.1, -0.05) is 6.92 Å². The Labute approximate surface area is 116 Å². The van der Waals surface area contributed by atoms with Crippen LogP contribution in [0.3, 0.4) is 0 Å². The van der Waals surface area contributed by atoms with E-state index in [1.54, 1.807) is 17.8 Å². The van der Waals surface area contributed by atoms with Crippen LogP contribution in [-0.4, -0.2) is 25.7 Å². The van der Waals surface area contributed by atoms with Crippen molar-refractivity contribution in [3.63, 3.8) is 0 Å². The first-order valence-corrected chi connectivity index (χ1v) is 6.36. The maximum atomic E-state index is 12.1. The molecule has 0 saturated carbocycles. The lowest BCUT2D eigenvalue weighted by Gasteiger charge is -2.14. The van der Waals surface area contributed by atoms with Gasteiger partial charge < -0.3 is 10.3 Å². The molecule has 2 heterocycles. The first-order chi connectivity index (χ1) is 9.51. The standard InChI is InChI=1S/C13H17N5O2/c1-4-11(9-5-15-18(3)7-9)17-13(20)10-6-14-8(2)16-12(10)19/h5-7,11H,4H2,1-3H3,(H,17,20)(H,14,16,19). The first kappa shape index (κ1) is 14.0. The SMILES string of the molecule is CCC(NC(=O)c1cnc(C)[nH]c1=O)c1cnn(C)c1. The summed E-state index contributed by atoms with van der Waals surface area (Å²) in [6.07, 6.45) is 5.53. The number of hydrogen-bond donors (Lipinski definition) is 2. The van der Waals surface area contributed by atoms with Crippen molar-refractivity contribution in [3.8, 4) is 0 Å². The van der Waals surface area contributed by atoms with E-state index in [0.717, 1.165) is 5.56 Å². The molecule has 7 heteroatoms. The van der Waals surface area contributed by atoms with Gasteiger partial charge in [-0.25, -0.2) is 4.98 Å². The summed E-state index contributed by atoms with van der Waals surface area (Å²) < 4.78 is 1.67. The minimum Gasteiger partial charge on any atom is -0.345 e. The Balaban J connectivity index is 2.19. The molecule has 0 saturated heterocycles. The quantitative estimate of drug-likeness (QED) is 0.858. The second kappa shape index (κ2) is 5.68. The fraction of sp³-hybridized carbons (Fsp3) is 0.385. The summed E-state index contributed by atoms with van der Waals surface area (Å²) >= 11 is 0. The summed E-state index contributed by atoms with van der Waals surface area (Å²) in [7, 11) is 1.81. The summed E-state index contributed by atoms with van der Waals surface area (Å²) in [6.45, 7) is 3.61. The smallest absolute Gasteiger partial charge is 0.263 e. The Morgan fingerprint density at radius 1 is 1.50 bits per heavy atom. The number of rotatable bonds is 4. The molecule has 20 heavy (non-hydrogen) atoms. The normalized spacial score (nSPS) is 12.2. The van der Waals surface area contributed by atoms with Crippen LogP contribution in [-0.2, 0) is 7.05 Å². The molecule has 2 rings (SSSR count). The third-order valence-corrected chi connectivity index (χ3v) is 3.01. The van der Waals surface area contributed by atoms with Crippen LogP contribution in [0.4, 0.5) is 0 Å². The van der Waals surface area contributed by atoms with Crippen LogP contribution in [0.2, 0.25) is 0 Å². The van der Waals surface area contributed by atoms with E-state index < -0.39 is 11.5 Å². The van der Waals surface area contributed by atoms with Crippen molar-refractivity contribution in [2.45, 2.75) is 26.3 Å². The second-order valence-electron chi connectivity index (χ2n) is 4.59. The van der Waals surface area contributed by atoms with E-state index in [0.29, 0.717) is 12.2 Å². The zero-order valence-corrected chi connectivity index (χ0v) is 11.7. The van der Waals surface area contributed by atoms with E-state index in [4.69, 9.17) is 0 Å². The molecule has 1 unspecified atom stereocenters. The van der Waals surface area contributed by atoms with Crippen molar-refractivity contribution in [1.82, 2.24) is 25.1 Å². The monoisotopic (exact) mass is 275 g/mol. The van der Waals surface area contributed by atoms with Gasteiger partial charge in [0.2, 0.25) is 0 Å². The third-order valence-electron chi connectivity index (χ3n) is 3.01. The van der Waals surface area contributed by atoms with Crippen molar-refractivity contribution in [2.75, 3.05) is 0 Å². The van der Waals surface area contributed by atoms with Gasteiger partial charge in [-0.15, -0.1) is 0 Å². The number of aryl methyl sites for hydroxylation is 2. The van der Waals surface area contributed by atoms with Gasteiger partial charge in [0, 0.05) is 25.0 Å². The summed E-state index contributed by atoms with van der Waals surface area (Å²) in [5.41, 5.74) is 0.480. The molecule has 0 spiro atoms. The molecule has 0 fully saturated rings. The predicted octanol–water partition coefficient (Wildman–Crippen LogP) is 0.693. The van der Waals surface area contributed by atoms with Gasteiger partial charge in [-0.3, -0.25) is 14.3 Å². The van der Waals surface area contributed by atoms with Crippen LogP contribution in [0.5, 0.6) is 0 Å². The van der Waals surface area contributed by atoms with Crippen molar-refractivity contribution < 1.29 is 4.79 Å². The highest BCUT2D eigenvalue weighted by Gasteiger charge is 2.17. The Kier molecular flexibility index (Phi) is 3.97. The largest absolute Gasteiger partial charge is 0.345 e. The number of H-pyrrole nitrogens is 1. The van der Waals surface area contributed by atoms with Crippen LogP contribution in [0.1, 0.15) is 41.1 Å². The molecule has 0 radical (unpaired) electrons. The first-order valence-electron chi connectivity index (χ1n) is 6.36. The van der Waals surface area contributed by atoms with E-state index in [-0.39, 0.29) is 11.6 Å². The Morgan fingerprint density at radius 3 is 2.80 bits per heavy atom. The summed E-state index contributed by atoms with van der Waals surface area (Å²) in [6, 6.07) is -0.183. The highest BCUT2D eigenvalue weighted by molar-refractivity contribution is 5.93. The lowest BCUT2D eigenvalue weighted by atomic mass is 10.1. The van der Waals surface area contributed by atoms with Crippen molar-refractivity contribution >= 4 is 5.91 Å². The molecule has 0 aliphatic rings. The van der Waals surface area contributed by atoms with Crippen LogP contribution in [0.15, 0.2) is 23.4 Å². The summed E-state index contributed by atoms with van der Waals surface area (Å²) in [5, 5.41) is 6.90. The average molecular weight is 275 g/mol. The maximum Gasteiger partial charge on any atom is 0.263 e. The molecule has 1 atom stereocenters. The van der Waals surface area contributed by atoms with Crippen molar-refractivity contribution in [1.29, 1.82) is 0 Å². The summed E-state index contributed by atoms with van der Waals surface area (Å²) in [4.78, 5) is 30.3. The van der Waals surface area contributed by atoms with E-state index in [1.165, 1.54) is 6.20 Å².